The van der Waals surface area contributed by atoms with Crippen LogP contribution in [0.15, 0.2) is 41.8 Å². The van der Waals surface area contributed by atoms with Crippen molar-refractivity contribution in [2.45, 2.75) is 5.16 Å². The van der Waals surface area contributed by atoms with Gasteiger partial charge in [0.1, 0.15) is 0 Å². The van der Waals surface area contributed by atoms with Crippen molar-refractivity contribution in [3.8, 4) is 0 Å². The summed E-state index contributed by atoms with van der Waals surface area (Å²) >= 11 is 7.32. The van der Waals surface area contributed by atoms with Gasteiger partial charge in [0.25, 0.3) is 0 Å². The number of nitrogens with zero attached hydrogens (tertiary/aromatic N) is 1. The minimum Gasteiger partial charge on any atom is -0.340 e. The second kappa shape index (κ2) is 4.53. The molecule has 0 atom stereocenters. The van der Waals surface area contributed by atoms with Crippen LogP contribution in [-0.2, 0) is 0 Å². The molecule has 0 aliphatic heterocycles. The van der Waals surface area contributed by atoms with Crippen LogP contribution in [0.3, 0.4) is 0 Å². The molecular formula is C10H8ClN2S. The number of benzene rings is 1. The average molecular weight is 224 g/mol. The van der Waals surface area contributed by atoms with Crippen LogP contribution >= 0.6 is 23.4 Å². The largest absolute Gasteiger partial charge is 0.340 e. The van der Waals surface area contributed by atoms with Crippen molar-refractivity contribution in [2.75, 3.05) is 0 Å². The summed E-state index contributed by atoms with van der Waals surface area (Å²) in [6, 6.07) is 7.68. The molecule has 1 N–H and O–H groups in total. The molecule has 0 spiro atoms. The third-order valence-corrected chi connectivity index (χ3v) is 2.74. The van der Waals surface area contributed by atoms with Gasteiger partial charge in [-0.05, 0) is 17.7 Å². The minimum absolute atomic E-state index is 0.755. The van der Waals surface area contributed by atoms with Crippen LogP contribution in [0.2, 0.25) is 5.02 Å². The Hall–Kier alpha value is -0.930. The molecule has 2 rings (SSSR count). The second-order valence-corrected chi connectivity index (χ2v) is 3.98. The molecule has 14 heavy (non-hydrogen) atoms. The summed E-state index contributed by atoms with van der Waals surface area (Å²) in [4.78, 5) is 7.11. The predicted octanol–water partition coefficient (Wildman–Crippen LogP) is 3.37. The number of H-pyrrole nitrogens is 1. The Bertz CT molecular complexity index is 383. The van der Waals surface area contributed by atoms with E-state index in [1.165, 1.54) is 0 Å². The lowest BCUT2D eigenvalue weighted by Crippen LogP contribution is -1.78. The fourth-order valence-electron chi connectivity index (χ4n) is 0.980. The van der Waals surface area contributed by atoms with Gasteiger partial charge in [0.2, 0.25) is 0 Å². The molecule has 0 fully saturated rings. The Kier molecular flexibility index (Phi) is 3.11. The van der Waals surface area contributed by atoms with Crippen LogP contribution in [0, 0.1) is 5.75 Å². The summed E-state index contributed by atoms with van der Waals surface area (Å²) in [5, 5.41) is 1.64. The van der Waals surface area contributed by atoms with Crippen LogP contribution in [0.4, 0.5) is 0 Å². The molecule has 1 aromatic carbocycles. The maximum absolute atomic E-state index is 5.77. The molecule has 71 valence electrons. The summed E-state index contributed by atoms with van der Waals surface area (Å²) in [6.07, 6.45) is 3.54. The number of aromatic nitrogens is 2. The van der Waals surface area contributed by atoms with E-state index in [2.05, 4.69) is 9.97 Å². The summed E-state index contributed by atoms with van der Waals surface area (Å²) < 4.78 is 0. The monoisotopic (exact) mass is 223 g/mol. The van der Waals surface area contributed by atoms with Gasteiger partial charge in [-0.3, -0.25) is 0 Å². The molecule has 0 bridgehead atoms. The van der Waals surface area contributed by atoms with Crippen molar-refractivity contribution in [3.63, 3.8) is 0 Å². The number of imidazole rings is 1. The molecule has 2 aromatic rings. The van der Waals surface area contributed by atoms with Crippen LogP contribution in [0.25, 0.3) is 0 Å². The van der Waals surface area contributed by atoms with Crippen molar-refractivity contribution in [2.24, 2.45) is 0 Å². The van der Waals surface area contributed by atoms with Crippen molar-refractivity contribution < 1.29 is 0 Å². The molecule has 1 aromatic heterocycles. The van der Waals surface area contributed by atoms with Gasteiger partial charge in [-0.15, -0.1) is 0 Å². The normalized spacial score (nSPS) is 10.4. The molecule has 1 heterocycles. The quantitative estimate of drug-likeness (QED) is 0.809. The van der Waals surface area contributed by atoms with E-state index in [1.54, 1.807) is 24.2 Å². The fraction of sp³-hybridized carbons (Fsp3) is 0. The van der Waals surface area contributed by atoms with Crippen molar-refractivity contribution in [1.29, 1.82) is 0 Å². The van der Waals surface area contributed by atoms with Gasteiger partial charge in [-0.2, -0.15) is 0 Å². The molecule has 2 nitrogen and oxygen atoms in total. The minimum atomic E-state index is 0.755. The van der Waals surface area contributed by atoms with E-state index >= 15 is 0 Å². The highest BCUT2D eigenvalue weighted by molar-refractivity contribution is 8.01. The first kappa shape index (κ1) is 9.62. The van der Waals surface area contributed by atoms with Crippen molar-refractivity contribution in [3.05, 3.63) is 53.0 Å². The number of halogens is 1. The lowest BCUT2D eigenvalue weighted by atomic mass is 10.2. The smallest absolute Gasteiger partial charge is 0.165 e. The standard InChI is InChI=1S/C10H8ClN2S/c11-9-3-1-8(2-4-9)7-14-10-12-5-6-13-10/h1-7H,(H,12,13). The number of thioether (sulfide) groups is 1. The first-order valence-electron chi connectivity index (χ1n) is 4.09. The van der Waals surface area contributed by atoms with E-state index in [0.29, 0.717) is 0 Å². The Morgan fingerprint density at radius 1 is 1.29 bits per heavy atom. The average Bonchev–Trinajstić information content (AvgIpc) is 2.70. The number of hydrogen-bond acceptors (Lipinski definition) is 2. The van der Waals surface area contributed by atoms with Crippen LogP contribution in [-0.4, -0.2) is 9.97 Å². The molecule has 0 aliphatic rings. The first-order chi connectivity index (χ1) is 6.84. The van der Waals surface area contributed by atoms with E-state index in [1.807, 2.05) is 30.0 Å². The lowest BCUT2D eigenvalue weighted by Gasteiger charge is -1.98. The Morgan fingerprint density at radius 2 is 2.07 bits per heavy atom. The number of hydrogen-bond donors (Lipinski definition) is 1. The first-order valence-corrected chi connectivity index (χ1v) is 5.35. The Morgan fingerprint density at radius 3 is 2.71 bits per heavy atom. The molecule has 0 saturated heterocycles. The summed E-state index contributed by atoms with van der Waals surface area (Å²) in [6.45, 7) is 0. The topological polar surface area (TPSA) is 28.7 Å². The summed E-state index contributed by atoms with van der Waals surface area (Å²) in [5.74, 6) is 2.02. The second-order valence-electron chi connectivity index (χ2n) is 2.68. The SMILES string of the molecule is Clc1ccc([CH]Sc2ncc[nH]2)cc1. The van der Waals surface area contributed by atoms with Gasteiger partial charge < -0.3 is 4.98 Å². The zero-order chi connectivity index (χ0) is 9.80. The molecule has 0 saturated carbocycles. The molecule has 0 unspecified atom stereocenters. The fourth-order valence-corrected chi connectivity index (χ4v) is 1.77. The van der Waals surface area contributed by atoms with Gasteiger partial charge in [0.15, 0.2) is 5.16 Å². The van der Waals surface area contributed by atoms with E-state index in [0.717, 1.165) is 15.7 Å². The van der Waals surface area contributed by atoms with Gasteiger partial charge in [-0.1, -0.05) is 35.5 Å². The number of aromatic amines is 1. The molecule has 1 radical (unpaired) electrons. The predicted molar refractivity (Wildman–Crippen MR) is 59.3 cm³/mol. The highest BCUT2D eigenvalue weighted by atomic mass is 35.5. The number of nitrogens with one attached hydrogen (secondary N) is 1. The maximum Gasteiger partial charge on any atom is 0.165 e. The van der Waals surface area contributed by atoms with Crippen molar-refractivity contribution >= 4 is 23.4 Å². The van der Waals surface area contributed by atoms with Crippen LogP contribution in [0.1, 0.15) is 5.56 Å². The third kappa shape index (κ3) is 2.53. The summed E-state index contributed by atoms with van der Waals surface area (Å²) in [5.41, 5.74) is 1.12. The third-order valence-electron chi connectivity index (χ3n) is 1.65. The van der Waals surface area contributed by atoms with E-state index in [-0.39, 0.29) is 0 Å². The molecule has 0 amide bonds. The van der Waals surface area contributed by atoms with Gasteiger partial charge in [-0.25, -0.2) is 4.98 Å². The highest BCUT2D eigenvalue weighted by Crippen LogP contribution is 2.21. The molecular weight excluding hydrogens is 216 g/mol. The van der Waals surface area contributed by atoms with Gasteiger partial charge in [0, 0.05) is 17.4 Å². The maximum atomic E-state index is 5.77. The van der Waals surface area contributed by atoms with E-state index in [9.17, 15) is 0 Å². The highest BCUT2D eigenvalue weighted by Gasteiger charge is 1.98. The Labute approximate surface area is 91.7 Å². The zero-order valence-electron chi connectivity index (χ0n) is 7.27. The summed E-state index contributed by atoms with van der Waals surface area (Å²) in [7, 11) is 0. The van der Waals surface area contributed by atoms with Gasteiger partial charge in [0.05, 0.1) is 5.75 Å². The Balaban J connectivity index is 1.95. The van der Waals surface area contributed by atoms with Crippen LogP contribution in [0.5, 0.6) is 0 Å². The number of rotatable bonds is 3. The van der Waals surface area contributed by atoms with Crippen molar-refractivity contribution in [1.82, 2.24) is 9.97 Å². The van der Waals surface area contributed by atoms with Gasteiger partial charge >= 0.3 is 0 Å². The lowest BCUT2D eigenvalue weighted by molar-refractivity contribution is 1.06. The molecule has 0 aliphatic carbocycles. The zero-order valence-corrected chi connectivity index (χ0v) is 8.85. The van der Waals surface area contributed by atoms with Crippen LogP contribution < -0.4 is 0 Å². The molecule has 4 heteroatoms. The van der Waals surface area contributed by atoms with E-state index in [4.69, 9.17) is 11.6 Å². The van der Waals surface area contributed by atoms with E-state index < -0.39 is 0 Å².